The maximum atomic E-state index is 13.6. The second-order valence-electron chi connectivity index (χ2n) is 26.3. The Morgan fingerprint density at radius 1 is 0.655 bits per heavy atom. The summed E-state index contributed by atoms with van der Waals surface area (Å²) >= 11 is 18.4. The van der Waals surface area contributed by atoms with Gasteiger partial charge in [0.05, 0.1) is 96.5 Å². The number of ether oxygens (including phenoxy) is 4. The number of nitriles is 1. The summed E-state index contributed by atoms with van der Waals surface area (Å²) in [7, 11) is 9.80. The van der Waals surface area contributed by atoms with E-state index in [1.807, 2.05) is 69.2 Å². The third-order valence-corrected chi connectivity index (χ3v) is 17.9. The highest BCUT2D eigenvalue weighted by Gasteiger charge is 2.28. The van der Waals surface area contributed by atoms with Crippen LogP contribution >= 0.6 is 34.8 Å². The van der Waals surface area contributed by atoms with Gasteiger partial charge >= 0.3 is 0 Å². The summed E-state index contributed by atoms with van der Waals surface area (Å²) in [4.78, 5) is 72.1. The summed E-state index contributed by atoms with van der Waals surface area (Å²) in [5, 5.41) is 30.4. The van der Waals surface area contributed by atoms with Gasteiger partial charge in [-0.25, -0.2) is 28.7 Å². The molecule has 6 N–H and O–H groups in total. The molecule has 0 unspecified atom stereocenters. The fourth-order valence-corrected chi connectivity index (χ4v) is 11.8. The van der Waals surface area contributed by atoms with E-state index in [4.69, 9.17) is 53.8 Å². The van der Waals surface area contributed by atoms with Crippen molar-refractivity contribution in [2.75, 3.05) is 126 Å². The van der Waals surface area contributed by atoms with E-state index in [2.05, 4.69) is 117 Å². The minimum Gasteiger partial charge on any atom is -0.492 e. The van der Waals surface area contributed by atoms with Crippen molar-refractivity contribution in [2.24, 2.45) is 0 Å². The zero-order chi connectivity index (χ0) is 78.4. The van der Waals surface area contributed by atoms with Crippen molar-refractivity contribution >= 4 is 137 Å². The molecule has 0 radical (unpaired) electrons. The Morgan fingerprint density at radius 2 is 1.22 bits per heavy atom. The van der Waals surface area contributed by atoms with Gasteiger partial charge in [0, 0.05) is 116 Å². The summed E-state index contributed by atoms with van der Waals surface area (Å²) in [5.41, 5.74) is 6.98. The number of fused-ring (bicyclic) bond motifs is 3. The summed E-state index contributed by atoms with van der Waals surface area (Å²) in [6, 6.07) is 32.3. The lowest BCUT2D eigenvalue weighted by Crippen LogP contribution is -2.53. The van der Waals surface area contributed by atoms with Gasteiger partial charge in [0.2, 0.25) is 17.7 Å². The molecule has 1 atom stereocenters. The minimum absolute atomic E-state index is 0.00202. The lowest BCUT2D eigenvalue weighted by molar-refractivity contribution is -0.112. The molecular weight excluding hydrogens is 1470 g/mol. The molecule has 0 saturated carbocycles. The second-order valence-corrected chi connectivity index (χ2v) is 27.5. The molecule has 0 aliphatic carbocycles. The molecule has 2 aliphatic rings. The van der Waals surface area contributed by atoms with Crippen LogP contribution in [0.4, 0.5) is 60.2 Å². The number of hydrogen-bond donors (Lipinski definition) is 6. The molecule has 4 aromatic heterocycles. The van der Waals surface area contributed by atoms with Gasteiger partial charge in [0.1, 0.15) is 72.0 Å². The van der Waals surface area contributed by atoms with Crippen LogP contribution < -0.4 is 46.1 Å². The number of halogens is 5. The first-order valence-corrected chi connectivity index (χ1v) is 36.1. The van der Waals surface area contributed by atoms with Gasteiger partial charge in [-0.2, -0.15) is 5.26 Å². The van der Waals surface area contributed by atoms with Gasteiger partial charge in [0.15, 0.2) is 0 Å². The number of pyridine rings is 2. The van der Waals surface area contributed by atoms with Crippen LogP contribution in [0.15, 0.2) is 171 Å². The monoisotopic (exact) mass is 1550 g/mol. The zero-order valence-corrected chi connectivity index (χ0v) is 64.1. The number of hydrogen-bond acceptors (Lipinski definition) is 21. The molecule has 0 spiro atoms. The van der Waals surface area contributed by atoms with E-state index in [9.17, 15) is 28.4 Å². The third kappa shape index (κ3) is 22.6. The molecule has 10 aromatic rings. The molecule has 2 fully saturated rings. The first kappa shape index (κ1) is 81.1. The predicted octanol–water partition coefficient (Wildman–Crippen LogP) is 15.0. The molecule has 3 amide bonds. The molecule has 2 aliphatic heterocycles. The molecule has 2 saturated heterocycles. The number of piperazine rings is 1. The standard InChI is InChI=1S/C30H29ClN6O3.C27H28ClFN6O.C24H25ClFN5O3/c1-4-39-28-16-25-23(15-26(28)36-29(38)9-7-13-37(2)3)30(20(17-32)18-34-25)35-21-10-11-27(24(31)14-21)40-19-22-8-5-6-12-33-22;1-5-25(36)33-23-16-20-24(30-17-31-26(20)32-19-6-7-22(29)21(28)15-19)14-18(23)8-9-27(2,3)35-12-10-34(4)11-13-35;1-31(2)8-3-4-23(32)30-21-11-17-20(12-22(21)34-16-7-9-33-13-16)27-14-28-24(17)29-15-5-6-19(26)18(25)10-15/h5-12,14-16,18H,4,13,19H2,1-3H3,(H,34,35)(H,36,38);5-7,14-17H,1,10-13H2,2-4H3,(H,33,36)(H,30,31,32);3-6,10-12,14,16H,7-9,13H2,1-2H3,(H,30,32)(H,27,28,29)/b9-7+;;4-3+/t;;16-/m..0/s1. The van der Waals surface area contributed by atoms with Crippen molar-refractivity contribution in [1.29, 1.82) is 5.26 Å². The molecule has 24 nitrogen and oxygen atoms in total. The van der Waals surface area contributed by atoms with E-state index >= 15 is 0 Å². The maximum absolute atomic E-state index is 13.6. The highest BCUT2D eigenvalue weighted by Crippen LogP contribution is 2.40. The van der Waals surface area contributed by atoms with Crippen LogP contribution in [0.3, 0.4) is 0 Å². The topological polar surface area (TPSA) is 274 Å². The van der Waals surface area contributed by atoms with Gasteiger partial charge in [-0.05, 0) is 153 Å². The van der Waals surface area contributed by atoms with Crippen molar-refractivity contribution < 1.29 is 42.1 Å². The van der Waals surface area contributed by atoms with Gasteiger partial charge in [-0.15, -0.1) is 0 Å². The average Bonchev–Trinajstić information content (AvgIpc) is 0.832. The Hall–Kier alpha value is -11.4. The number of nitrogens with zero attached hydrogens (tertiary/aromatic N) is 11. The SMILES string of the molecule is C=CC(=O)Nc1cc2c(Nc3ccc(F)c(Cl)c3)ncnc2cc1C#CC(C)(C)N1CCN(C)CC1.CCOc1cc2ncc(C#N)c(Nc3ccc(OCc4ccccn4)c(Cl)c3)c2cc1NC(=O)/C=C/CN(C)C.CN(C)C/C=C/C(=O)Nc1cc2c(Nc3ccc(F)c(Cl)c3)ncnc2cc1O[C@H]1CCOC1. The number of rotatable bonds is 24. The van der Waals surface area contributed by atoms with Crippen LogP contribution in [-0.2, 0) is 25.7 Å². The summed E-state index contributed by atoms with van der Waals surface area (Å²) in [5.74, 6) is 7.14. The number of carbonyl (C=O) groups excluding carboxylic acids is 3. The Kier molecular flexibility index (Phi) is 28.4. The minimum atomic E-state index is -0.509. The molecule has 29 heteroatoms. The Balaban J connectivity index is 0.000000176. The lowest BCUT2D eigenvalue weighted by Gasteiger charge is -2.40. The second kappa shape index (κ2) is 38.6. The first-order chi connectivity index (χ1) is 52.9. The smallest absolute Gasteiger partial charge is 0.248 e. The van der Waals surface area contributed by atoms with E-state index in [0.29, 0.717) is 150 Å². The van der Waals surface area contributed by atoms with E-state index < -0.39 is 11.6 Å². The number of carbonyl (C=O) groups is 3. The third-order valence-electron chi connectivity index (χ3n) is 17.0. The highest BCUT2D eigenvalue weighted by atomic mass is 35.5. The van der Waals surface area contributed by atoms with Gasteiger partial charge in [-0.3, -0.25) is 29.3 Å². The zero-order valence-electron chi connectivity index (χ0n) is 61.8. The molecule has 568 valence electrons. The number of likely N-dealkylation sites (N-methyl/N-ethyl adjacent to an activating group) is 3. The summed E-state index contributed by atoms with van der Waals surface area (Å²) in [6.45, 7) is 16.5. The quantitative estimate of drug-likeness (QED) is 0.0242. The Bertz CT molecular complexity index is 5160. The van der Waals surface area contributed by atoms with Crippen LogP contribution in [0.2, 0.25) is 15.1 Å². The maximum Gasteiger partial charge on any atom is 0.248 e. The number of anilines is 9. The van der Waals surface area contributed by atoms with Crippen molar-refractivity contribution in [1.82, 2.24) is 49.5 Å². The number of benzene rings is 6. The Morgan fingerprint density at radius 3 is 1.78 bits per heavy atom. The molecular formula is C81H82Cl3F2N17O7. The normalized spacial score (nSPS) is 13.7. The highest BCUT2D eigenvalue weighted by molar-refractivity contribution is 6.32. The first-order valence-electron chi connectivity index (χ1n) is 34.9. The summed E-state index contributed by atoms with van der Waals surface area (Å²) < 4.78 is 50.3. The van der Waals surface area contributed by atoms with Crippen molar-refractivity contribution in [3.05, 3.63) is 215 Å². The predicted molar refractivity (Wildman–Crippen MR) is 431 cm³/mol. The largest absolute Gasteiger partial charge is 0.492 e. The van der Waals surface area contributed by atoms with Crippen LogP contribution in [-0.4, -0.2) is 173 Å². The molecule has 6 aromatic carbocycles. The summed E-state index contributed by atoms with van der Waals surface area (Å²) in [6.07, 6.45) is 14.4. The van der Waals surface area contributed by atoms with Crippen molar-refractivity contribution in [3.63, 3.8) is 0 Å². The number of aromatic nitrogens is 6. The lowest BCUT2D eigenvalue weighted by atomic mass is 10.0. The van der Waals surface area contributed by atoms with E-state index in [1.54, 1.807) is 79.0 Å². The van der Waals surface area contributed by atoms with E-state index in [1.165, 1.54) is 61.3 Å². The number of amides is 3. The average molecular weight is 1550 g/mol. The van der Waals surface area contributed by atoms with Crippen LogP contribution in [0.25, 0.3) is 32.7 Å². The van der Waals surface area contributed by atoms with Crippen LogP contribution in [0.5, 0.6) is 17.2 Å². The van der Waals surface area contributed by atoms with Gasteiger partial charge < -0.3 is 65.5 Å². The number of nitrogens with one attached hydrogen (secondary N) is 6. The van der Waals surface area contributed by atoms with Gasteiger partial charge in [-0.1, -0.05) is 71.4 Å². The fourth-order valence-electron chi connectivity index (χ4n) is 11.2. The van der Waals surface area contributed by atoms with Crippen LogP contribution in [0.1, 0.15) is 44.0 Å². The van der Waals surface area contributed by atoms with E-state index in [0.717, 1.165) is 38.3 Å². The van der Waals surface area contributed by atoms with Crippen LogP contribution in [0, 0.1) is 34.8 Å². The fraction of sp³-hybridized carbons (Fsp3) is 0.259. The van der Waals surface area contributed by atoms with E-state index in [-0.39, 0.29) is 46.0 Å². The molecule has 6 heterocycles. The van der Waals surface area contributed by atoms with Gasteiger partial charge in [0.25, 0.3) is 0 Å². The van der Waals surface area contributed by atoms with Crippen molar-refractivity contribution in [3.8, 4) is 35.2 Å². The Labute approximate surface area is 651 Å². The molecule has 0 bridgehead atoms. The molecule has 12 rings (SSSR count). The molecule has 110 heavy (non-hydrogen) atoms. The van der Waals surface area contributed by atoms with Crippen molar-refractivity contribution in [2.45, 2.75) is 45.4 Å².